The lowest BCUT2D eigenvalue weighted by atomic mass is 9.80. The summed E-state index contributed by atoms with van der Waals surface area (Å²) >= 11 is 0. The monoisotopic (exact) mass is 314 g/mol. The number of rotatable bonds is 2. The van der Waals surface area contributed by atoms with Crippen LogP contribution in [0.2, 0.25) is 18.1 Å². The lowest BCUT2D eigenvalue weighted by molar-refractivity contribution is -0.177. The Morgan fingerprint density at radius 3 is 2.33 bits per heavy atom. The van der Waals surface area contributed by atoms with Crippen LogP contribution in [0.5, 0.6) is 0 Å². The third-order valence-corrected chi connectivity index (χ3v) is 9.70. The van der Waals surface area contributed by atoms with Gasteiger partial charge in [-0.25, -0.2) is 0 Å². The maximum Gasteiger partial charge on any atom is 0.192 e. The summed E-state index contributed by atoms with van der Waals surface area (Å²) in [7, 11) is -1.91. The van der Waals surface area contributed by atoms with E-state index in [4.69, 9.17) is 13.9 Å². The molecule has 0 radical (unpaired) electrons. The molecule has 1 heterocycles. The van der Waals surface area contributed by atoms with Gasteiger partial charge in [-0.2, -0.15) is 0 Å². The summed E-state index contributed by atoms with van der Waals surface area (Å²) in [4.78, 5) is 12.2. The van der Waals surface area contributed by atoms with Crippen molar-refractivity contribution in [1.82, 2.24) is 0 Å². The van der Waals surface area contributed by atoms with E-state index in [0.29, 0.717) is 6.42 Å². The van der Waals surface area contributed by atoms with Gasteiger partial charge in [0.1, 0.15) is 5.60 Å². The van der Waals surface area contributed by atoms with Crippen LogP contribution in [-0.2, 0) is 18.7 Å². The maximum absolute atomic E-state index is 12.2. The van der Waals surface area contributed by atoms with Gasteiger partial charge in [0.15, 0.2) is 26.0 Å². The minimum atomic E-state index is -1.91. The summed E-state index contributed by atoms with van der Waals surface area (Å²) in [6, 6.07) is 0. The molecule has 122 valence electrons. The van der Waals surface area contributed by atoms with E-state index in [1.165, 1.54) is 0 Å². The molecular formula is C16H30O4Si. The summed E-state index contributed by atoms with van der Waals surface area (Å²) in [6.07, 6.45) is 0.649. The predicted molar refractivity (Wildman–Crippen MR) is 84.8 cm³/mol. The van der Waals surface area contributed by atoms with Crippen LogP contribution in [0.25, 0.3) is 0 Å². The normalized spacial score (nSPS) is 36.7. The standard InChI is InChI=1S/C16H30O4Si/c1-14(2,3)21(7,8)19-12-10-9-11(17)13-16(12,6)20-15(4,5)18-13/h12-13H,9-10H2,1-8H3/t12-,13-,16+/m1/s1. The molecule has 2 aliphatic rings. The number of carbonyl (C=O) groups is 1. The van der Waals surface area contributed by atoms with Crippen LogP contribution in [0.1, 0.15) is 54.4 Å². The number of hydrogen-bond acceptors (Lipinski definition) is 4. The number of ketones is 1. The van der Waals surface area contributed by atoms with E-state index in [2.05, 4.69) is 33.9 Å². The lowest BCUT2D eigenvalue weighted by Crippen LogP contribution is -2.59. The SMILES string of the molecule is CC1(C)O[C@@H]2C(=O)CC[C@@H](O[Si](C)(C)C(C)(C)C)[C@]2(C)O1. The van der Waals surface area contributed by atoms with Crippen LogP contribution in [0.15, 0.2) is 0 Å². The van der Waals surface area contributed by atoms with E-state index in [0.717, 1.165) is 6.42 Å². The van der Waals surface area contributed by atoms with Crippen LogP contribution in [0.3, 0.4) is 0 Å². The Morgan fingerprint density at radius 1 is 1.24 bits per heavy atom. The fourth-order valence-electron chi connectivity index (χ4n) is 3.03. The largest absolute Gasteiger partial charge is 0.411 e. The highest BCUT2D eigenvalue weighted by molar-refractivity contribution is 6.74. The first kappa shape index (κ1) is 17.1. The first-order chi connectivity index (χ1) is 9.29. The van der Waals surface area contributed by atoms with Crippen LogP contribution >= 0.6 is 0 Å². The van der Waals surface area contributed by atoms with Gasteiger partial charge in [-0.1, -0.05) is 20.8 Å². The van der Waals surface area contributed by atoms with Gasteiger partial charge in [0, 0.05) is 6.42 Å². The topological polar surface area (TPSA) is 44.8 Å². The highest BCUT2D eigenvalue weighted by atomic mass is 28.4. The first-order valence-electron chi connectivity index (χ1n) is 7.87. The molecule has 0 bridgehead atoms. The van der Waals surface area contributed by atoms with Gasteiger partial charge in [-0.3, -0.25) is 4.79 Å². The fourth-order valence-corrected chi connectivity index (χ4v) is 4.44. The third kappa shape index (κ3) is 2.98. The molecule has 1 aliphatic heterocycles. The molecule has 0 amide bonds. The van der Waals surface area contributed by atoms with Crippen LogP contribution in [0, 0.1) is 0 Å². The molecule has 0 spiro atoms. The van der Waals surface area contributed by atoms with E-state index < -0.39 is 25.8 Å². The summed E-state index contributed by atoms with van der Waals surface area (Å²) in [6.45, 7) is 16.9. The van der Waals surface area contributed by atoms with Crippen molar-refractivity contribution in [3.05, 3.63) is 0 Å². The first-order valence-corrected chi connectivity index (χ1v) is 10.8. The zero-order valence-electron chi connectivity index (χ0n) is 14.7. The van der Waals surface area contributed by atoms with Crippen molar-refractivity contribution < 1.29 is 18.7 Å². The van der Waals surface area contributed by atoms with Crippen molar-refractivity contribution in [3.63, 3.8) is 0 Å². The van der Waals surface area contributed by atoms with Crippen molar-refractivity contribution in [2.75, 3.05) is 0 Å². The third-order valence-electron chi connectivity index (χ3n) is 5.22. The number of hydrogen-bond donors (Lipinski definition) is 0. The molecule has 1 saturated heterocycles. The molecule has 2 rings (SSSR count). The summed E-state index contributed by atoms with van der Waals surface area (Å²) in [5.41, 5.74) is -0.672. The van der Waals surface area contributed by atoms with Crippen molar-refractivity contribution in [1.29, 1.82) is 0 Å². The highest BCUT2D eigenvalue weighted by Gasteiger charge is 2.61. The number of Topliss-reactive ketones (excluding diaryl/α,β-unsaturated/α-hetero) is 1. The van der Waals surface area contributed by atoms with Crippen molar-refractivity contribution in [2.45, 2.75) is 96.1 Å². The highest BCUT2D eigenvalue weighted by Crippen LogP contribution is 2.47. The molecule has 0 N–H and O–H groups in total. The molecule has 5 heteroatoms. The zero-order chi connectivity index (χ0) is 16.3. The second-order valence-electron chi connectivity index (χ2n) is 8.56. The Kier molecular flexibility index (Phi) is 3.98. The summed E-state index contributed by atoms with van der Waals surface area (Å²) < 4.78 is 18.6. The second kappa shape index (κ2) is 4.88. The maximum atomic E-state index is 12.2. The van der Waals surface area contributed by atoms with Gasteiger partial charge in [0.25, 0.3) is 0 Å². The Hall–Kier alpha value is -0.233. The average Bonchev–Trinajstić information content (AvgIpc) is 2.53. The predicted octanol–water partition coefficient (Wildman–Crippen LogP) is 3.65. The van der Waals surface area contributed by atoms with Gasteiger partial charge >= 0.3 is 0 Å². The molecule has 4 nitrogen and oxygen atoms in total. The van der Waals surface area contributed by atoms with Crippen LogP contribution < -0.4 is 0 Å². The van der Waals surface area contributed by atoms with Crippen LogP contribution in [0.4, 0.5) is 0 Å². The van der Waals surface area contributed by atoms with Crippen molar-refractivity contribution >= 4 is 14.1 Å². The lowest BCUT2D eigenvalue weighted by Gasteiger charge is -2.46. The van der Waals surface area contributed by atoms with E-state index in [1.807, 2.05) is 20.8 Å². The average molecular weight is 314 g/mol. The molecule has 3 atom stereocenters. The van der Waals surface area contributed by atoms with E-state index in [-0.39, 0.29) is 16.9 Å². The molecule has 1 aliphatic carbocycles. The summed E-state index contributed by atoms with van der Waals surface area (Å²) in [5, 5.41) is 0.134. The van der Waals surface area contributed by atoms with Gasteiger partial charge in [-0.15, -0.1) is 0 Å². The van der Waals surface area contributed by atoms with Crippen molar-refractivity contribution in [2.24, 2.45) is 0 Å². The van der Waals surface area contributed by atoms with E-state index in [9.17, 15) is 4.79 Å². The van der Waals surface area contributed by atoms with Crippen LogP contribution in [-0.4, -0.2) is 37.7 Å². The molecule has 2 fully saturated rings. The zero-order valence-corrected chi connectivity index (χ0v) is 15.7. The number of ether oxygens (including phenoxy) is 2. The van der Waals surface area contributed by atoms with Crippen molar-refractivity contribution in [3.8, 4) is 0 Å². The molecule has 1 saturated carbocycles. The Balaban J connectivity index is 2.27. The molecular weight excluding hydrogens is 284 g/mol. The number of fused-ring (bicyclic) bond motifs is 1. The Morgan fingerprint density at radius 2 is 1.81 bits per heavy atom. The Labute approximate surface area is 129 Å². The van der Waals surface area contributed by atoms with E-state index in [1.54, 1.807) is 0 Å². The molecule has 0 aromatic carbocycles. The Bertz CT molecular complexity index is 438. The molecule has 0 aromatic rings. The second-order valence-corrected chi connectivity index (χ2v) is 13.3. The minimum absolute atomic E-state index is 0.0807. The fraction of sp³-hybridized carbons (Fsp3) is 0.938. The smallest absolute Gasteiger partial charge is 0.192 e. The van der Waals surface area contributed by atoms with Gasteiger partial charge in [0.2, 0.25) is 0 Å². The quantitative estimate of drug-likeness (QED) is 0.730. The molecule has 21 heavy (non-hydrogen) atoms. The summed E-state index contributed by atoms with van der Waals surface area (Å²) in [5.74, 6) is -0.591. The molecule has 0 aromatic heterocycles. The van der Waals surface area contributed by atoms with Gasteiger partial charge in [-0.05, 0) is 45.3 Å². The minimum Gasteiger partial charge on any atom is -0.411 e. The molecule has 0 unspecified atom stereocenters. The van der Waals surface area contributed by atoms with Gasteiger partial charge < -0.3 is 13.9 Å². The van der Waals surface area contributed by atoms with E-state index >= 15 is 0 Å². The van der Waals surface area contributed by atoms with Gasteiger partial charge in [0.05, 0.1) is 6.10 Å². The number of carbonyl (C=O) groups excluding carboxylic acids is 1.